The molecule has 0 bridgehead atoms. The lowest BCUT2D eigenvalue weighted by Crippen LogP contribution is -2.04. The molecule has 1 N–H and O–H groups in total. The third kappa shape index (κ3) is 4.56. The minimum atomic E-state index is -4.38. The van der Waals surface area contributed by atoms with E-state index in [9.17, 15) is 18.0 Å². The topological polar surface area (TPSA) is 37.3 Å². The van der Waals surface area contributed by atoms with Gasteiger partial charge in [-0.15, -0.1) is 11.3 Å². The first-order chi connectivity index (χ1) is 10.8. The van der Waals surface area contributed by atoms with Crippen LogP contribution in [0.2, 0.25) is 0 Å². The lowest BCUT2D eigenvalue weighted by molar-refractivity contribution is -0.137. The van der Waals surface area contributed by atoms with Crippen LogP contribution in [0.25, 0.3) is 5.57 Å². The number of rotatable bonds is 4. The van der Waals surface area contributed by atoms with E-state index in [1.54, 1.807) is 6.08 Å². The Hall–Kier alpha value is -2.34. The molecule has 0 aliphatic carbocycles. The predicted octanol–water partition coefficient (Wildman–Crippen LogP) is 5.15. The smallest absolute Gasteiger partial charge is 0.416 e. The van der Waals surface area contributed by atoms with E-state index in [2.05, 4.69) is 0 Å². The molecule has 0 saturated heterocycles. The molecule has 6 heteroatoms. The molecular weight excluding hydrogens is 325 g/mol. The van der Waals surface area contributed by atoms with Crippen LogP contribution in [0.15, 0.2) is 54.6 Å². The molecule has 1 heterocycles. The Morgan fingerprint density at radius 1 is 1.13 bits per heavy atom. The van der Waals surface area contributed by atoms with Crippen LogP contribution in [0, 0.1) is 6.92 Å². The Morgan fingerprint density at radius 2 is 1.78 bits per heavy atom. The van der Waals surface area contributed by atoms with Crippen LogP contribution in [-0.2, 0) is 11.0 Å². The molecule has 2 aromatic rings. The summed E-state index contributed by atoms with van der Waals surface area (Å²) in [7, 11) is 0. The Kier molecular flexibility index (Phi) is 5.05. The molecule has 0 unspecified atom stereocenters. The van der Waals surface area contributed by atoms with Crippen molar-refractivity contribution in [3.05, 3.63) is 75.5 Å². The highest BCUT2D eigenvalue weighted by Crippen LogP contribution is 2.33. The number of thiophene rings is 1. The third-order valence-electron chi connectivity index (χ3n) is 3.03. The fraction of sp³-hybridized carbons (Fsp3) is 0.118. The number of alkyl halides is 3. The number of hydrogen-bond acceptors (Lipinski definition) is 2. The van der Waals surface area contributed by atoms with Crippen molar-refractivity contribution in [3.63, 3.8) is 0 Å². The highest BCUT2D eigenvalue weighted by atomic mass is 32.1. The van der Waals surface area contributed by atoms with E-state index >= 15 is 0 Å². The van der Waals surface area contributed by atoms with Crippen LogP contribution in [0.4, 0.5) is 13.2 Å². The van der Waals surface area contributed by atoms with Gasteiger partial charge in [-0.05, 0) is 42.3 Å². The predicted molar refractivity (Wildman–Crippen MR) is 84.4 cm³/mol. The van der Waals surface area contributed by atoms with Crippen molar-refractivity contribution in [1.29, 1.82) is 0 Å². The van der Waals surface area contributed by atoms with Crippen molar-refractivity contribution >= 4 is 22.9 Å². The molecule has 2 rings (SSSR count). The third-order valence-corrected chi connectivity index (χ3v) is 4.06. The fourth-order valence-corrected chi connectivity index (χ4v) is 2.88. The molecule has 23 heavy (non-hydrogen) atoms. The maximum Gasteiger partial charge on any atom is 0.416 e. The van der Waals surface area contributed by atoms with E-state index in [1.807, 2.05) is 19.1 Å². The quantitative estimate of drug-likeness (QED) is 0.618. The summed E-state index contributed by atoms with van der Waals surface area (Å²) >= 11 is 1.49. The summed E-state index contributed by atoms with van der Waals surface area (Å²) < 4.78 is 37.9. The van der Waals surface area contributed by atoms with Gasteiger partial charge >= 0.3 is 12.1 Å². The Bertz CT molecular complexity index is 753. The number of hydrogen-bond donors (Lipinski definition) is 1. The van der Waals surface area contributed by atoms with Gasteiger partial charge in [0.15, 0.2) is 0 Å². The van der Waals surface area contributed by atoms with Gasteiger partial charge in [0.05, 0.1) is 5.56 Å². The lowest BCUT2D eigenvalue weighted by atomic mass is 10.0. The zero-order chi connectivity index (χ0) is 17.0. The number of carbonyl (C=O) groups is 1. The largest absolute Gasteiger partial charge is 0.478 e. The van der Waals surface area contributed by atoms with E-state index in [4.69, 9.17) is 5.11 Å². The standard InChI is InChI=1S/C17H13F3O2S/c1-11-5-10-15(23-11)14(3-2-4-16(21)22)12-6-8-13(9-7-12)17(18,19)20/h2-10H,1H3,(H,21,22)/b4-2+,14-3+. The van der Waals surface area contributed by atoms with Crippen LogP contribution in [0.1, 0.15) is 20.9 Å². The SMILES string of the molecule is Cc1ccc(/C(=C/C=C/C(=O)O)c2ccc(C(F)(F)F)cc2)s1. The van der Waals surface area contributed by atoms with Crippen molar-refractivity contribution < 1.29 is 23.1 Å². The van der Waals surface area contributed by atoms with Gasteiger partial charge in [0.2, 0.25) is 0 Å². The highest BCUT2D eigenvalue weighted by molar-refractivity contribution is 7.13. The average Bonchev–Trinajstić information content (AvgIpc) is 2.89. The van der Waals surface area contributed by atoms with Gasteiger partial charge in [-0.2, -0.15) is 13.2 Å². The average molecular weight is 338 g/mol. The summed E-state index contributed by atoms with van der Waals surface area (Å²) in [6.45, 7) is 1.92. The van der Waals surface area contributed by atoms with E-state index < -0.39 is 17.7 Å². The summed E-state index contributed by atoms with van der Waals surface area (Å²) in [6.07, 6.45) is -0.456. The molecule has 120 valence electrons. The number of halogens is 3. The first kappa shape index (κ1) is 17.0. The number of aryl methyl sites for hydroxylation is 1. The molecular formula is C17H13F3O2S. The van der Waals surface area contributed by atoms with Crippen molar-refractivity contribution in [2.24, 2.45) is 0 Å². The van der Waals surface area contributed by atoms with Crippen molar-refractivity contribution in [2.45, 2.75) is 13.1 Å². The molecule has 0 fully saturated rings. The molecule has 0 saturated carbocycles. The number of allylic oxidation sites excluding steroid dienone is 2. The maximum absolute atomic E-state index is 12.6. The zero-order valence-corrected chi connectivity index (χ0v) is 12.9. The molecule has 2 nitrogen and oxygen atoms in total. The van der Waals surface area contributed by atoms with E-state index in [1.165, 1.54) is 29.5 Å². The number of carboxylic acids is 1. The molecule has 1 aromatic heterocycles. The normalized spacial score (nSPS) is 12.8. The Labute approximate surface area is 135 Å². The van der Waals surface area contributed by atoms with E-state index in [0.29, 0.717) is 11.1 Å². The van der Waals surface area contributed by atoms with Gasteiger partial charge in [0, 0.05) is 15.8 Å². The lowest BCUT2D eigenvalue weighted by Gasteiger charge is -2.09. The molecule has 0 aliphatic rings. The van der Waals surface area contributed by atoms with E-state index in [0.717, 1.165) is 28.0 Å². The maximum atomic E-state index is 12.6. The first-order valence-electron chi connectivity index (χ1n) is 6.63. The van der Waals surface area contributed by atoms with Crippen molar-refractivity contribution in [3.8, 4) is 0 Å². The van der Waals surface area contributed by atoms with Crippen LogP contribution in [0.5, 0.6) is 0 Å². The van der Waals surface area contributed by atoms with Crippen molar-refractivity contribution in [1.82, 2.24) is 0 Å². The fourth-order valence-electron chi connectivity index (χ4n) is 1.97. The van der Waals surface area contributed by atoms with Gasteiger partial charge in [0.25, 0.3) is 0 Å². The van der Waals surface area contributed by atoms with Crippen LogP contribution >= 0.6 is 11.3 Å². The highest BCUT2D eigenvalue weighted by Gasteiger charge is 2.30. The van der Waals surface area contributed by atoms with Gasteiger partial charge in [-0.3, -0.25) is 0 Å². The zero-order valence-electron chi connectivity index (χ0n) is 12.1. The second-order valence-corrected chi connectivity index (χ2v) is 6.05. The first-order valence-corrected chi connectivity index (χ1v) is 7.45. The molecule has 0 aliphatic heterocycles. The second kappa shape index (κ2) is 6.83. The summed E-state index contributed by atoms with van der Waals surface area (Å²) in [5, 5.41) is 8.66. The van der Waals surface area contributed by atoms with Crippen LogP contribution < -0.4 is 0 Å². The monoisotopic (exact) mass is 338 g/mol. The van der Waals surface area contributed by atoms with Crippen molar-refractivity contribution in [2.75, 3.05) is 0 Å². The number of carboxylic acid groups (broad SMARTS) is 1. The minimum Gasteiger partial charge on any atom is -0.478 e. The number of aliphatic carboxylic acids is 1. The summed E-state index contributed by atoms with van der Waals surface area (Å²) in [4.78, 5) is 12.5. The molecule has 0 amide bonds. The van der Waals surface area contributed by atoms with Gasteiger partial charge in [-0.25, -0.2) is 4.79 Å². The Balaban J connectivity index is 2.43. The molecule has 1 aromatic carbocycles. The van der Waals surface area contributed by atoms with Gasteiger partial charge in [-0.1, -0.05) is 24.3 Å². The Morgan fingerprint density at radius 3 is 2.26 bits per heavy atom. The molecule has 0 spiro atoms. The number of benzene rings is 1. The summed E-state index contributed by atoms with van der Waals surface area (Å²) in [5.41, 5.74) is 0.549. The van der Waals surface area contributed by atoms with Gasteiger partial charge in [0.1, 0.15) is 0 Å². The molecule has 0 radical (unpaired) electrons. The summed E-state index contributed by atoms with van der Waals surface area (Å²) in [6, 6.07) is 8.57. The summed E-state index contributed by atoms with van der Waals surface area (Å²) in [5.74, 6) is -1.09. The van der Waals surface area contributed by atoms with E-state index in [-0.39, 0.29) is 0 Å². The second-order valence-electron chi connectivity index (χ2n) is 4.76. The van der Waals surface area contributed by atoms with Crippen LogP contribution in [-0.4, -0.2) is 11.1 Å². The molecule has 0 atom stereocenters. The van der Waals surface area contributed by atoms with Crippen LogP contribution in [0.3, 0.4) is 0 Å². The minimum absolute atomic E-state index is 0.592. The van der Waals surface area contributed by atoms with Gasteiger partial charge < -0.3 is 5.11 Å².